The van der Waals surface area contributed by atoms with Gasteiger partial charge in [0, 0.05) is 28.8 Å². The number of carbonyl (C=O) groups excluding carboxylic acids is 2. The Hall–Kier alpha value is -2.84. The number of halogens is 1. The summed E-state index contributed by atoms with van der Waals surface area (Å²) in [7, 11) is 3.06. The summed E-state index contributed by atoms with van der Waals surface area (Å²) >= 11 is 3.37. The van der Waals surface area contributed by atoms with E-state index in [2.05, 4.69) is 15.9 Å². The lowest BCUT2D eigenvalue weighted by Gasteiger charge is -2.28. The molecule has 4 rings (SSSR count). The Bertz CT molecular complexity index is 1060. The van der Waals surface area contributed by atoms with E-state index in [4.69, 9.17) is 14.2 Å². The number of carbonyl (C=O) groups is 2. The van der Waals surface area contributed by atoms with E-state index in [-0.39, 0.29) is 24.0 Å². The summed E-state index contributed by atoms with van der Waals surface area (Å²) in [6, 6.07) is 11.3. The Balaban J connectivity index is 1.89. The number of Topliss-reactive ketones (excluding diaryl/α,β-unsaturated/α-hetero) is 1. The van der Waals surface area contributed by atoms with Crippen molar-refractivity contribution in [2.24, 2.45) is 0 Å². The number of likely N-dealkylation sites (tertiary alicyclic amines) is 1. The van der Waals surface area contributed by atoms with Gasteiger partial charge in [0.15, 0.2) is 0 Å². The molecular weight excluding hydrogens is 478 g/mol. The minimum atomic E-state index is -0.840. The van der Waals surface area contributed by atoms with Crippen LogP contribution in [0.25, 0.3) is 5.76 Å². The van der Waals surface area contributed by atoms with Gasteiger partial charge in [-0.3, -0.25) is 9.59 Å². The van der Waals surface area contributed by atoms with Crippen molar-refractivity contribution in [2.75, 3.05) is 27.4 Å². The number of benzene rings is 2. The van der Waals surface area contributed by atoms with E-state index in [1.807, 2.05) is 0 Å². The van der Waals surface area contributed by atoms with E-state index >= 15 is 0 Å². The predicted octanol–water partition coefficient (Wildman–Crippen LogP) is 4.07. The van der Waals surface area contributed by atoms with Gasteiger partial charge in [-0.05, 0) is 43.2 Å². The second-order valence-electron chi connectivity index (χ2n) is 7.70. The van der Waals surface area contributed by atoms with Gasteiger partial charge in [-0.25, -0.2) is 0 Å². The first kappa shape index (κ1) is 22.4. The fourth-order valence-electron chi connectivity index (χ4n) is 4.22. The fourth-order valence-corrected chi connectivity index (χ4v) is 4.48. The van der Waals surface area contributed by atoms with Gasteiger partial charge in [0.05, 0.1) is 31.9 Å². The highest BCUT2D eigenvalue weighted by atomic mass is 79.9. The number of rotatable bonds is 6. The van der Waals surface area contributed by atoms with Gasteiger partial charge < -0.3 is 24.2 Å². The zero-order valence-electron chi connectivity index (χ0n) is 17.8. The van der Waals surface area contributed by atoms with E-state index in [1.54, 1.807) is 42.5 Å². The van der Waals surface area contributed by atoms with Crippen LogP contribution in [0.3, 0.4) is 0 Å². The molecule has 0 aliphatic carbocycles. The summed E-state index contributed by atoms with van der Waals surface area (Å²) in [6.07, 6.45) is 1.54. The maximum absolute atomic E-state index is 13.2. The average Bonchev–Trinajstić information content (AvgIpc) is 3.41. The number of nitrogens with zero attached hydrogens (tertiary/aromatic N) is 1. The summed E-state index contributed by atoms with van der Waals surface area (Å²) in [5, 5.41) is 11.2. The topological polar surface area (TPSA) is 85.3 Å². The number of methoxy groups -OCH3 is 2. The van der Waals surface area contributed by atoms with E-state index in [0.29, 0.717) is 29.2 Å². The second kappa shape index (κ2) is 9.34. The molecule has 2 aliphatic rings. The molecule has 2 fully saturated rings. The van der Waals surface area contributed by atoms with E-state index in [1.165, 1.54) is 19.1 Å². The summed E-state index contributed by atoms with van der Waals surface area (Å²) in [5.74, 6) is -0.614. The molecule has 2 aromatic carbocycles. The van der Waals surface area contributed by atoms with Gasteiger partial charge in [-0.1, -0.05) is 28.1 Å². The molecule has 8 heteroatoms. The highest BCUT2D eigenvalue weighted by molar-refractivity contribution is 9.10. The Labute approximate surface area is 194 Å². The summed E-state index contributed by atoms with van der Waals surface area (Å²) in [5.41, 5.74) is 1.01. The van der Waals surface area contributed by atoms with Crippen LogP contribution in [0, 0.1) is 0 Å². The van der Waals surface area contributed by atoms with Crippen LogP contribution in [0.15, 0.2) is 52.5 Å². The fraction of sp³-hybridized carbons (Fsp3) is 0.333. The molecule has 2 aliphatic heterocycles. The van der Waals surface area contributed by atoms with Gasteiger partial charge in [-0.2, -0.15) is 0 Å². The summed E-state index contributed by atoms with van der Waals surface area (Å²) in [4.78, 5) is 27.8. The molecule has 0 radical (unpaired) electrons. The molecule has 0 bridgehead atoms. The molecule has 1 N–H and O–H groups in total. The number of amides is 1. The summed E-state index contributed by atoms with van der Waals surface area (Å²) < 4.78 is 17.5. The quantitative estimate of drug-likeness (QED) is 0.364. The Morgan fingerprint density at radius 1 is 1.16 bits per heavy atom. The normalized spacial score (nSPS) is 22.4. The predicted molar refractivity (Wildman–Crippen MR) is 122 cm³/mol. The number of ether oxygens (including phenoxy) is 3. The lowest BCUT2D eigenvalue weighted by molar-refractivity contribution is -0.140. The van der Waals surface area contributed by atoms with Crippen molar-refractivity contribution < 1.29 is 28.9 Å². The third-order valence-corrected chi connectivity index (χ3v) is 6.34. The molecule has 0 spiro atoms. The number of ketones is 1. The van der Waals surface area contributed by atoms with Crippen LogP contribution >= 0.6 is 15.9 Å². The molecular formula is C24H24BrNO6. The first-order valence-corrected chi connectivity index (χ1v) is 11.1. The first-order chi connectivity index (χ1) is 15.4. The monoisotopic (exact) mass is 501 g/mol. The maximum Gasteiger partial charge on any atom is 0.295 e. The van der Waals surface area contributed by atoms with Crippen LogP contribution in [0.1, 0.15) is 30.0 Å². The Morgan fingerprint density at radius 2 is 1.91 bits per heavy atom. The van der Waals surface area contributed by atoms with Crippen LogP contribution < -0.4 is 9.47 Å². The number of hydrogen-bond acceptors (Lipinski definition) is 6. The Kier molecular flexibility index (Phi) is 6.53. The largest absolute Gasteiger partial charge is 0.507 e. The molecule has 2 aromatic rings. The second-order valence-corrected chi connectivity index (χ2v) is 8.62. The molecule has 2 atom stereocenters. The average molecular weight is 502 g/mol. The molecule has 1 amide bonds. The van der Waals surface area contributed by atoms with Crippen LogP contribution in [-0.2, 0) is 14.3 Å². The van der Waals surface area contributed by atoms with Gasteiger partial charge in [-0.15, -0.1) is 0 Å². The van der Waals surface area contributed by atoms with Crippen LogP contribution in [0.5, 0.6) is 11.5 Å². The van der Waals surface area contributed by atoms with E-state index in [9.17, 15) is 14.7 Å². The van der Waals surface area contributed by atoms with Crippen molar-refractivity contribution in [3.8, 4) is 11.5 Å². The SMILES string of the molecule is COc1ccc(OC)c(C2C(=C(O)c3ccc(Br)cc3)C(=O)C(=O)N2CC2CCCO2)c1. The van der Waals surface area contributed by atoms with Crippen LogP contribution in [0.2, 0.25) is 0 Å². The van der Waals surface area contributed by atoms with Gasteiger partial charge >= 0.3 is 0 Å². The number of hydrogen-bond donors (Lipinski definition) is 1. The minimum absolute atomic E-state index is 0.0156. The van der Waals surface area contributed by atoms with Crippen molar-refractivity contribution in [1.82, 2.24) is 4.90 Å². The molecule has 0 saturated carbocycles. The lowest BCUT2D eigenvalue weighted by Crippen LogP contribution is -2.36. The van der Waals surface area contributed by atoms with Crippen molar-refractivity contribution in [2.45, 2.75) is 25.0 Å². The minimum Gasteiger partial charge on any atom is -0.507 e. The molecule has 0 aromatic heterocycles. The van der Waals surface area contributed by atoms with Gasteiger partial charge in [0.1, 0.15) is 17.3 Å². The highest BCUT2D eigenvalue weighted by Gasteiger charge is 2.48. The van der Waals surface area contributed by atoms with Gasteiger partial charge in [0.25, 0.3) is 11.7 Å². The number of aliphatic hydroxyl groups excluding tert-OH is 1. The van der Waals surface area contributed by atoms with Gasteiger partial charge in [0.2, 0.25) is 0 Å². The summed E-state index contributed by atoms with van der Waals surface area (Å²) in [6.45, 7) is 0.868. The van der Waals surface area contributed by atoms with Crippen molar-refractivity contribution >= 4 is 33.4 Å². The Morgan fingerprint density at radius 3 is 2.53 bits per heavy atom. The molecule has 32 heavy (non-hydrogen) atoms. The number of aliphatic hydroxyl groups is 1. The van der Waals surface area contributed by atoms with Crippen molar-refractivity contribution in [3.05, 3.63) is 63.6 Å². The molecule has 168 valence electrons. The standard InChI is InChI=1S/C24H24BrNO6/c1-30-16-9-10-19(31-2)18(12-16)21-20(22(27)14-5-7-15(25)8-6-14)23(28)24(29)26(21)13-17-4-3-11-32-17/h5-10,12,17,21,27H,3-4,11,13H2,1-2H3. The van der Waals surface area contributed by atoms with Crippen LogP contribution in [0.4, 0.5) is 0 Å². The molecule has 7 nitrogen and oxygen atoms in total. The third-order valence-electron chi connectivity index (χ3n) is 5.81. The zero-order chi connectivity index (χ0) is 22.8. The van der Waals surface area contributed by atoms with E-state index < -0.39 is 17.7 Å². The van der Waals surface area contributed by atoms with E-state index in [0.717, 1.165) is 17.3 Å². The van der Waals surface area contributed by atoms with Crippen molar-refractivity contribution in [3.63, 3.8) is 0 Å². The molecule has 2 unspecified atom stereocenters. The highest BCUT2D eigenvalue weighted by Crippen LogP contribution is 2.44. The van der Waals surface area contributed by atoms with Crippen LogP contribution in [-0.4, -0.2) is 55.2 Å². The first-order valence-electron chi connectivity index (χ1n) is 10.3. The molecule has 2 heterocycles. The smallest absolute Gasteiger partial charge is 0.295 e. The molecule has 2 saturated heterocycles. The third kappa shape index (κ3) is 4.12. The maximum atomic E-state index is 13.2. The zero-order valence-corrected chi connectivity index (χ0v) is 19.4. The lowest BCUT2D eigenvalue weighted by atomic mass is 9.94. The van der Waals surface area contributed by atoms with Crippen molar-refractivity contribution in [1.29, 1.82) is 0 Å².